The van der Waals surface area contributed by atoms with Gasteiger partial charge in [0, 0.05) is 38.1 Å². The van der Waals surface area contributed by atoms with Crippen molar-refractivity contribution in [1.82, 2.24) is 24.1 Å². The molecule has 5 heteroatoms. The lowest BCUT2D eigenvalue weighted by Crippen LogP contribution is -2.07. The van der Waals surface area contributed by atoms with E-state index in [0.29, 0.717) is 17.6 Å². The summed E-state index contributed by atoms with van der Waals surface area (Å²) in [5.74, 6) is 1.84. The summed E-state index contributed by atoms with van der Waals surface area (Å²) in [7, 11) is 0. The molecular formula is C43H27N5. The Balaban J connectivity index is 1.41. The zero-order chi connectivity index (χ0) is 31.6. The third-order valence-corrected chi connectivity index (χ3v) is 9.36. The lowest BCUT2D eigenvalue weighted by molar-refractivity contribution is 0.953. The molecule has 0 N–H and O–H groups in total. The van der Waals surface area contributed by atoms with Crippen LogP contribution in [0.25, 0.3) is 88.8 Å². The van der Waals surface area contributed by atoms with Gasteiger partial charge in [0.25, 0.3) is 0 Å². The molecule has 0 spiro atoms. The molecule has 10 rings (SSSR count). The Morgan fingerprint density at radius 2 is 0.812 bits per heavy atom. The van der Waals surface area contributed by atoms with Crippen molar-refractivity contribution in [2.75, 3.05) is 0 Å². The Bertz CT molecular complexity index is 2770. The van der Waals surface area contributed by atoms with Crippen molar-refractivity contribution in [3.8, 4) is 34.4 Å². The summed E-state index contributed by atoms with van der Waals surface area (Å²) in [5.41, 5.74) is 7.38. The third-order valence-electron chi connectivity index (χ3n) is 9.36. The molecule has 0 saturated carbocycles. The first-order valence-electron chi connectivity index (χ1n) is 16.1. The second-order valence-electron chi connectivity index (χ2n) is 12.1. The minimum atomic E-state index is 0.580. The van der Waals surface area contributed by atoms with Crippen LogP contribution < -0.4 is 0 Å². The van der Waals surface area contributed by atoms with E-state index >= 15 is 0 Å². The van der Waals surface area contributed by atoms with Gasteiger partial charge in [0.1, 0.15) is 0 Å². The van der Waals surface area contributed by atoms with Gasteiger partial charge in [-0.1, -0.05) is 146 Å². The van der Waals surface area contributed by atoms with Crippen molar-refractivity contribution in [2.24, 2.45) is 0 Å². The van der Waals surface area contributed by atoms with Gasteiger partial charge in [-0.15, -0.1) is 0 Å². The Labute approximate surface area is 276 Å². The van der Waals surface area contributed by atoms with Crippen LogP contribution in [-0.2, 0) is 0 Å². The van der Waals surface area contributed by atoms with Gasteiger partial charge in [0.05, 0.1) is 27.8 Å². The van der Waals surface area contributed by atoms with E-state index in [1.165, 1.54) is 21.5 Å². The Morgan fingerprint density at radius 1 is 0.333 bits per heavy atom. The summed E-state index contributed by atoms with van der Waals surface area (Å²) in [5, 5.41) is 7.06. The summed E-state index contributed by atoms with van der Waals surface area (Å²) in [6, 6.07) is 57.3. The van der Waals surface area contributed by atoms with Crippen molar-refractivity contribution in [3.63, 3.8) is 0 Å². The van der Waals surface area contributed by atoms with Crippen LogP contribution >= 0.6 is 0 Å². The Hall–Kier alpha value is -6.59. The fraction of sp³-hybridized carbons (Fsp3) is 0. The largest absolute Gasteiger partial charge is 0.307 e. The van der Waals surface area contributed by atoms with E-state index in [9.17, 15) is 0 Å². The first-order valence-corrected chi connectivity index (χ1v) is 16.1. The minimum Gasteiger partial charge on any atom is -0.307 e. The van der Waals surface area contributed by atoms with Gasteiger partial charge in [0.2, 0.25) is 5.95 Å². The molecule has 0 fully saturated rings. The zero-order valence-corrected chi connectivity index (χ0v) is 25.8. The van der Waals surface area contributed by atoms with Gasteiger partial charge in [-0.05, 0) is 23.6 Å². The second-order valence-corrected chi connectivity index (χ2v) is 12.1. The lowest BCUT2D eigenvalue weighted by Gasteiger charge is -2.14. The van der Waals surface area contributed by atoms with Crippen LogP contribution in [0, 0.1) is 0 Å². The van der Waals surface area contributed by atoms with E-state index in [1.54, 1.807) is 0 Å². The number of hydrogen-bond acceptors (Lipinski definition) is 3. The highest BCUT2D eigenvalue weighted by molar-refractivity contribution is 6.24. The van der Waals surface area contributed by atoms with Crippen LogP contribution in [0.4, 0.5) is 0 Å². The maximum atomic E-state index is 5.22. The molecule has 3 aromatic heterocycles. The third kappa shape index (κ3) is 3.94. The van der Waals surface area contributed by atoms with Crippen LogP contribution in [0.5, 0.6) is 0 Å². The summed E-state index contributed by atoms with van der Waals surface area (Å²) in [4.78, 5) is 15.4. The minimum absolute atomic E-state index is 0.580. The molecule has 0 radical (unpaired) electrons. The lowest BCUT2D eigenvalue weighted by atomic mass is 10.1. The maximum absolute atomic E-state index is 5.22. The molecule has 0 atom stereocenters. The van der Waals surface area contributed by atoms with Gasteiger partial charge >= 0.3 is 0 Å². The number of hydrogen-bond donors (Lipinski definition) is 0. The maximum Gasteiger partial charge on any atom is 0.238 e. The molecule has 48 heavy (non-hydrogen) atoms. The number of fused-ring (bicyclic) bond motifs is 8. The SMILES string of the molecule is c1ccc(-c2nc(-c3ccccc3)nc(-n3c4ccccc4c4ccc5c6ccccc6n(-c6cccc7ccccc67)c5c43)n2)cc1. The summed E-state index contributed by atoms with van der Waals surface area (Å²) in [6.07, 6.45) is 0. The molecule has 0 aliphatic rings. The molecule has 10 aromatic rings. The number of aromatic nitrogens is 5. The van der Waals surface area contributed by atoms with E-state index in [0.717, 1.165) is 49.7 Å². The fourth-order valence-corrected chi connectivity index (χ4v) is 7.26. The van der Waals surface area contributed by atoms with E-state index in [4.69, 9.17) is 15.0 Å². The molecular weight excluding hydrogens is 587 g/mol. The predicted octanol–water partition coefficient (Wildman–Crippen LogP) is 10.6. The first kappa shape index (κ1) is 26.6. The molecule has 3 heterocycles. The van der Waals surface area contributed by atoms with Crippen molar-refractivity contribution < 1.29 is 0 Å². The molecule has 0 amide bonds. The number of nitrogens with zero attached hydrogens (tertiary/aromatic N) is 5. The van der Waals surface area contributed by atoms with Crippen molar-refractivity contribution in [1.29, 1.82) is 0 Å². The van der Waals surface area contributed by atoms with Crippen LogP contribution in [0.2, 0.25) is 0 Å². The summed E-state index contributed by atoms with van der Waals surface area (Å²) < 4.78 is 4.68. The molecule has 0 bridgehead atoms. The molecule has 0 saturated heterocycles. The highest BCUT2D eigenvalue weighted by Gasteiger charge is 2.23. The number of rotatable bonds is 4. The summed E-state index contributed by atoms with van der Waals surface area (Å²) >= 11 is 0. The molecule has 224 valence electrons. The van der Waals surface area contributed by atoms with E-state index in [-0.39, 0.29) is 0 Å². The van der Waals surface area contributed by atoms with E-state index in [1.807, 2.05) is 36.4 Å². The standard InChI is InChI=1S/C43H27N5/c1-3-15-29(16-4-1)41-44-42(30-17-5-2-6-18-30)46-43(45-41)48-38-24-12-10-22-33(38)35-27-26-34-32-21-9-11-23-37(32)47(39(34)40(35)48)36-25-13-19-28-14-7-8-20-31(28)36/h1-27H. The fourth-order valence-electron chi connectivity index (χ4n) is 7.26. The van der Waals surface area contributed by atoms with E-state index in [2.05, 4.69) is 137 Å². The van der Waals surface area contributed by atoms with Crippen molar-refractivity contribution >= 4 is 54.4 Å². The van der Waals surface area contributed by atoms with Crippen molar-refractivity contribution in [2.45, 2.75) is 0 Å². The molecule has 0 aliphatic carbocycles. The zero-order valence-electron chi connectivity index (χ0n) is 25.8. The number of benzene rings is 7. The van der Waals surface area contributed by atoms with Gasteiger partial charge < -0.3 is 4.57 Å². The molecule has 0 aliphatic heterocycles. The van der Waals surface area contributed by atoms with Crippen LogP contribution in [0.3, 0.4) is 0 Å². The quantitative estimate of drug-likeness (QED) is 0.198. The average Bonchev–Trinajstić information content (AvgIpc) is 3.68. The molecule has 5 nitrogen and oxygen atoms in total. The molecule has 0 unspecified atom stereocenters. The van der Waals surface area contributed by atoms with Gasteiger partial charge in [-0.25, -0.2) is 4.98 Å². The average molecular weight is 614 g/mol. The van der Waals surface area contributed by atoms with Gasteiger partial charge in [-0.2, -0.15) is 9.97 Å². The highest BCUT2D eigenvalue weighted by atomic mass is 15.2. The molecule has 7 aromatic carbocycles. The topological polar surface area (TPSA) is 48.5 Å². The first-order chi connectivity index (χ1) is 23.8. The number of para-hydroxylation sites is 2. The van der Waals surface area contributed by atoms with Crippen LogP contribution in [0.1, 0.15) is 0 Å². The van der Waals surface area contributed by atoms with Crippen LogP contribution in [-0.4, -0.2) is 24.1 Å². The van der Waals surface area contributed by atoms with Crippen molar-refractivity contribution in [3.05, 3.63) is 164 Å². The summed E-state index contributed by atoms with van der Waals surface area (Å²) in [6.45, 7) is 0. The Morgan fingerprint density at radius 3 is 1.44 bits per heavy atom. The van der Waals surface area contributed by atoms with Crippen LogP contribution in [0.15, 0.2) is 164 Å². The predicted molar refractivity (Wildman–Crippen MR) is 197 cm³/mol. The second kappa shape index (κ2) is 10.5. The van der Waals surface area contributed by atoms with Gasteiger partial charge in [0.15, 0.2) is 11.6 Å². The van der Waals surface area contributed by atoms with E-state index < -0.39 is 0 Å². The smallest absolute Gasteiger partial charge is 0.238 e. The van der Waals surface area contributed by atoms with Gasteiger partial charge in [-0.3, -0.25) is 4.57 Å². The normalized spacial score (nSPS) is 11.8. The highest BCUT2D eigenvalue weighted by Crippen LogP contribution is 2.42. The monoisotopic (exact) mass is 613 g/mol. The Kier molecular flexibility index (Phi) is 5.81.